The quantitative estimate of drug-likeness (QED) is 0.929. The summed E-state index contributed by atoms with van der Waals surface area (Å²) < 4.78 is 33.7. The highest BCUT2D eigenvalue weighted by Crippen LogP contribution is 2.28. The fourth-order valence-electron chi connectivity index (χ4n) is 3.01. The van der Waals surface area contributed by atoms with Crippen LogP contribution < -0.4 is 10.1 Å². The Labute approximate surface area is 145 Å². The smallest absolute Gasteiger partial charge is 0.257 e. The van der Waals surface area contributed by atoms with Gasteiger partial charge in [-0.25, -0.2) is 8.78 Å². The largest absolute Gasteiger partial charge is 0.497 e. The van der Waals surface area contributed by atoms with Gasteiger partial charge in [-0.1, -0.05) is 6.07 Å². The van der Waals surface area contributed by atoms with Crippen LogP contribution in [0.1, 0.15) is 17.3 Å². The van der Waals surface area contributed by atoms with E-state index in [1.165, 1.54) is 31.4 Å². The highest BCUT2D eigenvalue weighted by molar-refractivity contribution is 5.95. The lowest BCUT2D eigenvalue weighted by Crippen LogP contribution is -2.52. The van der Waals surface area contributed by atoms with Crippen LogP contribution in [0.5, 0.6) is 5.75 Å². The van der Waals surface area contributed by atoms with Gasteiger partial charge in [0.05, 0.1) is 12.7 Å². The lowest BCUT2D eigenvalue weighted by atomic mass is 10.0. The first-order valence-corrected chi connectivity index (χ1v) is 8.16. The number of rotatable bonds is 3. The van der Waals surface area contributed by atoms with E-state index in [0.29, 0.717) is 30.9 Å². The molecule has 1 aliphatic rings. The number of carbonyl (C=O) groups is 1. The molecule has 1 aliphatic heterocycles. The van der Waals surface area contributed by atoms with E-state index in [-0.39, 0.29) is 23.1 Å². The third-order valence-electron chi connectivity index (χ3n) is 4.45. The molecule has 25 heavy (non-hydrogen) atoms. The maximum absolute atomic E-state index is 14.5. The molecule has 1 heterocycles. The molecular formula is C19H20F2N2O2. The molecule has 3 rings (SSSR count). The normalized spacial score (nSPS) is 17.4. The number of piperazine rings is 1. The van der Waals surface area contributed by atoms with E-state index in [9.17, 15) is 13.6 Å². The molecule has 2 aromatic rings. The molecule has 1 atom stereocenters. The molecule has 0 saturated carbocycles. The van der Waals surface area contributed by atoms with Crippen molar-refractivity contribution < 1.29 is 18.3 Å². The van der Waals surface area contributed by atoms with E-state index in [4.69, 9.17) is 4.74 Å². The second kappa shape index (κ2) is 7.19. The second-order valence-electron chi connectivity index (χ2n) is 6.09. The molecule has 0 aromatic heterocycles. The first kappa shape index (κ1) is 17.4. The predicted molar refractivity (Wildman–Crippen MR) is 91.7 cm³/mol. The van der Waals surface area contributed by atoms with Gasteiger partial charge in [0, 0.05) is 37.3 Å². The minimum atomic E-state index is -0.650. The van der Waals surface area contributed by atoms with Crippen molar-refractivity contribution in [2.24, 2.45) is 0 Å². The van der Waals surface area contributed by atoms with Crippen LogP contribution in [0.2, 0.25) is 0 Å². The first-order chi connectivity index (χ1) is 12.0. The van der Waals surface area contributed by atoms with Crippen LogP contribution in [-0.2, 0) is 0 Å². The number of hydrogen-bond acceptors (Lipinski definition) is 3. The van der Waals surface area contributed by atoms with Crippen molar-refractivity contribution in [3.8, 4) is 16.9 Å². The van der Waals surface area contributed by atoms with Crippen molar-refractivity contribution >= 4 is 5.91 Å². The van der Waals surface area contributed by atoms with Crippen molar-refractivity contribution in [3.05, 3.63) is 53.6 Å². The lowest BCUT2D eigenvalue weighted by molar-refractivity contribution is 0.0651. The number of benzene rings is 2. The summed E-state index contributed by atoms with van der Waals surface area (Å²) in [5.74, 6) is -1.11. The number of hydrogen-bond donors (Lipinski definition) is 1. The summed E-state index contributed by atoms with van der Waals surface area (Å²) in [7, 11) is 1.45. The Hall–Kier alpha value is -2.47. The summed E-state index contributed by atoms with van der Waals surface area (Å²) >= 11 is 0. The van der Waals surface area contributed by atoms with Gasteiger partial charge in [0.1, 0.15) is 17.4 Å². The van der Waals surface area contributed by atoms with E-state index in [2.05, 4.69) is 5.32 Å². The maximum atomic E-state index is 14.5. The number of ether oxygens (including phenoxy) is 1. The van der Waals surface area contributed by atoms with E-state index in [0.717, 1.165) is 0 Å². The van der Waals surface area contributed by atoms with Crippen LogP contribution in [0.15, 0.2) is 36.4 Å². The Morgan fingerprint density at radius 1 is 1.20 bits per heavy atom. The van der Waals surface area contributed by atoms with Crippen molar-refractivity contribution in [1.29, 1.82) is 0 Å². The van der Waals surface area contributed by atoms with Gasteiger partial charge in [-0.15, -0.1) is 0 Å². The van der Waals surface area contributed by atoms with E-state index in [1.54, 1.807) is 17.0 Å². The average Bonchev–Trinajstić information content (AvgIpc) is 2.61. The Morgan fingerprint density at radius 3 is 2.64 bits per heavy atom. The first-order valence-electron chi connectivity index (χ1n) is 8.16. The fraction of sp³-hybridized carbons (Fsp3) is 0.316. The number of nitrogens with zero attached hydrogens (tertiary/aromatic N) is 1. The van der Waals surface area contributed by atoms with Crippen LogP contribution in [-0.4, -0.2) is 43.6 Å². The van der Waals surface area contributed by atoms with Crippen LogP contribution >= 0.6 is 0 Å². The molecule has 132 valence electrons. The summed E-state index contributed by atoms with van der Waals surface area (Å²) in [6.45, 7) is 3.83. The second-order valence-corrected chi connectivity index (χ2v) is 6.09. The van der Waals surface area contributed by atoms with Gasteiger partial charge in [-0.2, -0.15) is 0 Å². The number of halogens is 2. The highest BCUT2D eigenvalue weighted by Gasteiger charge is 2.26. The predicted octanol–water partition coefficient (Wildman–Crippen LogP) is 3.07. The summed E-state index contributed by atoms with van der Waals surface area (Å²) in [6.07, 6.45) is 0. The molecular weight excluding hydrogens is 326 g/mol. The molecule has 1 amide bonds. The minimum absolute atomic E-state index is 0.000593. The SMILES string of the molecule is COc1ccc(-c2ccc(C(=O)N3CCNC[C@@H]3C)c(F)c2)c(F)c1. The van der Waals surface area contributed by atoms with Crippen LogP contribution in [0.3, 0.4) is 0 Å². The number of nitrogens with one attached hydrogen (secondary N) is 1. The van der Waals surface area contributed by atoms with E-state index >= 15 is 0 Å². The number of amides is 1. The van der Waals surface area contributed by atoms with Gasteiger partial charge in [0.25, 0.3) is 5.91 Å². The van der Waals surface area contributed by atoms with Crippen LogP contribution in [0.4, 0.5) is 8.78 Å². The molecule has 1 fully saturated rings. The Morgan fingerprint density at radius 2 is 2.00 bits per heavy atom. The summed E-state index contributed by atoms with van der Waals surface area (Å²) in [6, 6.07) is 8.57. The van der Waals surface area contributed by atoms with Crippen molar-refractivity contribution in [2.75, 3.05) is 26.7 Å². The summed E-state index contributed by atoms with van der Waals surface area (Å²) in [5.41, 5.74) is 0.642. The molecule has 1 N–H and O–H groups in total. The van der Waals surface area contributed by atoms with Gasteiger partial charge in [0.15, 0.2) is 0 Å². The standard InChI is InChI=1S/C19H20F2N2O2/c1-12-11-22-7-8-23(12)19(24)16-5-3-13(9-17(16)20)15-6-4-14(25-2)10-18(15)21/h3-6,9-10,12,22H,7-8,11H2,1-2H3/t12-/m0/s1. The monoisotopic (exact) mass is 346 g/mol. The third-order valence-corrected chi connectivity index (χ3v) is 4.45. The highest BCUT2D eigenvalue weighted by atomic mass is 19.1. The van der Waals surface area contributed by atoms with Gasteiger partial charge in [-0.05, 0) is 36.8 Å². The van der Waals surface area contributed by atoms with Crippen LogP contribution in [0, 0.1) is 11.6 Å². The zero-order valence-electron chi connectivity index (χ0n) is 14.2. The number of carbonyl (C=O) groups excluding carboxylic acids is 1. The summed E-state index contributed by atoms with van der Waals surface area (Å²) in [4.78, 5) is 14.3. The minimum Gasteiger partial charge on any atom is -0.497 e. The van der Waals surface area contributed by atoms with Crippen molar-refractivity contribution in [1.82, 2.24) is 10.2 Å². The molecule has 0 spiro atoms. The van der Waals surface area contributed by atoms with Gasteiger partial charge >= 0.3 is 0 Å². The fourth-order valence-corrected chi connectivity index (χ4v) is 3.01. The van der Waals surface area contributed by atoms with Crippen LogP contribution in [0.25, 0.3) is 11.1 Å². The van der Waals surface area contributed by atoms with Gasteiger partial charge in [-0.3, -0.25) is 4.79 Å². The third kappa shape index (κ3) is 3.49. The Bertz CT molecular complexity index is 795. The topological polar surface area (TPSA) is 41.6 Å². The Balaban J connectivity index is 1.89. The lowest BCUT2D eigenvalue weighted by Gasteiger charge is -2.34. The van der Waals surface area contributed by atoms with Crippen molar-refractivity contribution in [2.45, 2.75) is 13.0 Å². The van der Waals surface area contributed by atoms with Gasteiger partial charge in [0.2, 0.25) is 0 Å². The Kier molecular flexibility index (Phi) is 4.99. The summed E-state index contributed by atoms with van der Waals surface area (Å²) in [5, 5.41) is 3.19. The molecule has 0 radical (unpaired) electrons. The molecule has 0 bridgehead atoms. The molecule has 4 nitrogen and oxygen atoms in total. The van der Waals surface area contributed by atoms with Crippen molar-refractivity contribution in [3.63, 3.8) is 0 Å². The average molecular weight is 346 g/mol. The molecule has 2 aromatic carbocycles. The molecule has 0 aliphatic carbocycles. The zero-order chi connectivity index (χ0) is 18.0. The molecule has 1 saturated heterocycles. The zero-order valence-corrected chi connectivity index (χ0v) is 14.2. The van der Waals surface area contributed by atoms with E-state index < -0.39 is 11.6 Å². The maximum Gasteiger partial charge on any atom is 0.257 e. The van der Waals surface area contributed by atoms with E-state index in [1.807, 2.05) is 6.92 Å². The molecule has 0 unspecified atom stereocenters. The van der Waals surface area contributed by atoms with Gasteiger partial charge < -0.3 is 15.0 Å². The molecule has 6 heteroatoms. The number of methoxy groups -OCH3 is 1.